The molecule has 0 aromatic heterocycles. The number of anilines is 1. The minimum atomic E-state index is -1.03. The third-order valence-electron chi connectivity index (χ3n) is 3.79. The lowest BCUT2D eigenvalue weighted by Crippen LogP contribution is -2.40. The predicted molar refractivity (Wildman–Crippen MR) is 81.1 cm³/mol. The highest BCUT2D eigenvalue weighted by atomic mass is 16.5. The van der Waals surface area contributed by atoms with E-state index in [0.717, 1.165) is 18.4 Å². The molecule has 6 heteroatoms. The quantitative estimate of drug-likeness (QED) is 0.871. The van der Waals surface area contributed by atoms with Crippen LogP contribution in [0.3, 0.4) is 0 Å². The maximum Gasteiger partial charge on any atom is 0.341 e. The zero-order valence-corrected chi connectivity index (χ0v) is 12.8. The third kappa shape index (κ3) is 3.98. The van der Waals surface area contributed by atoms with E-state index in [1.165, 1.54) is 0 Å². The van der Waals surface area contributed by atoms with Crippen LogP contribution in [0.4, 0.5) is 5.69 Å². The lowest BCUT2D eigenvalue weighted by molar-refractivity contribution is -0.139. The molecule has 120 valence electrons. The van der Waals surface area contributed by atoms with E-state index < -0.39 is 11.4 Å². The smallest absolute Gasteiger partial charge is 0.341 e. The molecule has 0 unspecified atom stereocenters. The number of benzene rings is 1. The van der Waals surface area contributed by atoms with Crippen molar-refractivity contribution in [2.75, 3.05) is 25.1 Å². The lowest BCUT2D eigenvalue weighted by Gasteiger charge is -2.32. The molecule has 6 nitrogen and oxygen atoms in total. The summed E-state index contributed by atoms with van der Waals surface area (Å²) in [4.78, 5) is 22.9. The van der Waals surface area contributed by atoms with Crippen LogP contribution in [0, 0.1) is 12.3 Å². The number of carboxylic acid groups (broad SMARTS) is 1. The number of aliphatic carboxylic acids is 1. The normalized spacial score (nSPS) is 21.2. The summed E-state index contributed by atoms with van der Waals surface area (Å²) in [7, 11) is 0. The number of ether oxygens (including phenoxy) is 2. The number of hydrogen-bond donors (Lipinski definition) is 2. The zero-order valence-electron chi connectivity index (χ0n) is 12.8. The third-order valence-corrected chi connectivity index (χ3v) is 3.79. The number of hydrogen-bond acceptors (Lipinski definition) is 4. The van der Waals surface area contributed by atoms with Gasteiger partial charge in [-0.2, -0.15) is 0 Å². The van der Waals surface area contributed by atoms with Crippen molar-refractivity contribution in [2.45, 2.75) is 26.7 Å². The molecule has 2 rings (SSSR count). The van der Waals surface area contributed by atoms with E-state index >= 15 is 0 Å². The number of aryl methyl sites for hydroxylation is 1. The fourth-order valence-corrected chi connectivity index (χ4v) is 2.40. The summed E-state index contributed by atoms with van der Waals surface area (Å²) in [5.74, 6) is -0.625. The van der Waals surface area contributed by atoms with Gasteiger partial charge in [-0.3, -0.25) is 4.79 Å². The first kappa shape index (κ1) is 16.3. The van der Waals surface area contributed by atoms with Crippen molar-refractivity contribution in [3.63, 3.8) is 0 Å². The first-order valence-corrected chi connectivity index (χ1v) is 7.25. The van der Waals surface area contributed by atoms with Gasteiger partial charge in [0.15, 0.2) is 6.61 Å². The molecule has 1 fully saturated rings. The van der Waals surface area contributed by atoms with Gasteiger partial charge in [0.2, 0.25) is 5.91 Å². The van der Waals surface area contributed by atoms with Gasteiger partial charge < -0.3 is 19.9 Å². The fraction of sp³-hybridized carbons (Fsp3) is 0.500. The van der Waals surface area contributed by atoms with Crippen LogP contribution in [0.25, 0.3) is 0 Å². The van der Waals surface area contributed by atoms with Crippen molar-refractivity contribution in [2.24, 2.45) is 5.41 Å². The molecule has 0 saturated carbocycles. The average molecular weight is 307 g/mol. The minimum absolute atomic E-state index is 0.0606. The van der Waals surface area contributed by atoms with Gasteiger partial charge in [0.1, 0.15) is 5.75 Å². The van der Waals surface area contributed by atoms with E-state index in [9.17, 15) is 9.59 Å². The molecule has 0 radical (unpaired) electrons. The van der Waals surface area contributed by atoms with Crippen LogP contribution >= 0.6 is 0 Å². The number of carbonyl (C=O) groups is 2. The Labute approximate surface area is 129 Å². The summed E-state index contributed by atoms with van der Waals surface area (Å²) in [6.07, 6.45) is 1.68. The van der Waals surface area contributed by atoms with Crippen molar-refractivity contribution in [1.29, 1.82) is 0 Å². The van der Waals surface area contributed by atoms with Gasteiger partial charge in [0.25, 0.3) is 0 Å². The van der Waals surface area contributed by atoms with Crippen LogP contribution in [0.15, 0.2) is 18.2 Å². The first-order valence-electron chi connectivity index (χ1n) is 7.25. The van der Waals surface area contributed by atoms with Crippen molar-refractivity contribution in [3.05, 3.63) is 23.8 Å². The second kappa shape index (κ2) is 6.79. The van der Waals surface area contributed by atoms with Crippen LogP contribution in [0.1, 0.15) is 25.3 Å². The standard InChI is InChI=1S/C16H21NO5/c1-11-8-12(22-9-14(18)19)4-5-13(11)17-15(20)16(2)6-3-7-21-10-16/h4-5,8H,3,6-7,9-10H2,1-2H3,(H,17,20)(H,18,19)/t16-/m1/s1. The van der Waals surface area contributed by atoms with Crippen LogP contribution in [-0.2, 0) is 14.3 Å². The first-order chi connectivity index (χ1) is 10.4. The molecule has 1 aliphatic heterocycles. The second-order valence-corrected chi connectivity index (χ2v) is 5.83. The van der Waals surface area contributed by atoms with Crippen molar-refractivity contribution in [1.82, 2.24) is 0 Å². The molecule has 0 bridgehead atoms. The summed E-state index contributed by atoms with van der Waals surface area (Å²) in [5, 5.41) is 11.5. The molecule has 1 amide bonds. The van der Waals surface area contributed by atoms with Crippen LogP contribution in [0.5, 0.6) is 5.75 Å². The molecule has 1 aliphatic rings. The number of amides is 1. The summed E-state index contributed by atoms with van der Waals surface area (Å²) in [6, 6.07) is 5.07. The van der Waals surface area contributed by atoms with Gasteiger partial charge in [0, 0.05) is 12.3 Å². The van der Waals surface area contributed by atoms with Crippen molar-refractivity contribution in [3.8, 4) is 5.75 Å². The van der Waals surface area contributed by atoms with E-state index in [4.69, 9.17) is 14.6 Å². The highest BCUT2D eigenvalue weighted by Gasteiger charge is 2.35. The molecule has 0 spiro atoms. The Morgan fingerprint density at radius 2 is 2.23 bits per heavy atom. The molecule has 1 aromatic carbocycles. The molecule has 0 aliphatic carbocycles. The van der Waals surface area contributed by atoms with Crippen LogP contribution < -0.4 is 10.1 Å². The number of carboxylic acids is 1. The lowest BCUT2D eigenvalue weighted by atomic mass is 9.83. The summed E-state index contributed by atoms with van der Waals surface area (Å²) >= 11 is 0. The van der Waals surface area contributed by atoms with E-state index in [2.05, 4.69) is 5.32 Å². The van der Waals surface area contributed by atoms with Gasteiger partial charge in [-0.1, -0.05) is 0 Å². The highest BCUT2D eigenvalue weighted by Crippen LogP contribution is 2.30. The maximum atomic E-state index is 12.4. The molecule has 1 heterocycles. The molecule has 1 saturated heterocycles. The Kier molecular flexibility index (Phi) is 5.03. The van der Waals surface area contributed by atoms with E-state index in [-0.39, 0.29) is 12.5 Å². The highest BCUT2D eigenvalue weighted by molar-refractivity contribution is 5.95. The SMILES string of the molecule is Cc1cc(OCC(=O)O)ccc1NC(=O)[C@]1(C)CCCOC1. The minimum Gasteiger partial charge on any atom is -0.482 e. The van der Waals surface area contributed by atoms with Gasteiger partial charge in [0.05, 0.1) is 12.0 Å². The summed E-state index contributed by atoms with van der Waals surface area (Å²) in [6.45, 7) is 4.49. The van der Waals surface area contributed by atoms with Gasteiger partial charge >= 0.3 is 5.97 Å². The fourth-order valence-electron chi connectivity index (χ4n) is 2.40. The van der Waals surface area contributed by atoms with Gasteiger partial charge in [-0.25, -0.2) is 4.79 Å². The van der Waals surface area contributed by atoms with E-state index in [1.54, 1.807) is 18.2 Å². The predicted octanol–water partition coefficient (Wildman–Crippen LogP) is 2.21. The largest absolute Gasteiger partial charge is 0.482 e. The molecular weight excluding hydrogens is 286 g/mol. The average Bonchev–Trinajstić information content (AvgIpc) is 2.48. The number of rotatable bonds is 5. The molecule has 1 aromatic rings. The Morgan fingerprint density at radius 3 is 2.82 bits per heavy atom. The van der Waals surface area contributed by atoms with Crippen LogP contribution in [-0.4, -0.2) is 36.8 Å². The van der Waals surface area contributed by atoms with Crippen molar-refractivity contribution >= 4 is 17.6 Å². The monoisotopic (exact) mass is 307 g/mol. The van der Waals surface area contributed by atoms with Gasteiger partial charge in [-0.15, -0.1) is 0 Å². The molecule has 2 N–H and O–H groups in total. The topological polar surface area (TPSA) is 84.9 Å². The van der Waals surface area contributed by atoms with Crippen molar-refractivity contribution < 1.29 is 24.2 Å². The maximum absolute atomic E-state index is 12.4. The summed E-state index contributed by atoms with van der Waals surface area (Å²) < 4.78 is 10.5. The molecule has 1 atom stereocenters. The zero-order chi connectivity index (χ0) is 16.2. The summed E-state index contributed by atoms with van der Waals surface area (Å²) in [5.41, 5.74) is 0.999. The Balaban J connectivity index is 2.03. The van der Waals surface area contributed by atoms with E-state index in [0.29, 0.717) is 24.7 Å². The van der Waals surface area contributed by atoms with Gasteiger partial charge in [-0.05, 0) is 50.5 Å². The molecular formula is C16H21NO5. The second-order valence-electron chi connectivity index (χ2n) is 5.83. The number of nitrogens with one attached hydrogen (secondary N) is 1. The Bertz CT molecular complexity index is 564. The Hall–Kier alpha value is -2.08. The van der Waals surface area contributed by atoms with E-state index in [1.807, 2.05) is 13.8 Å². The Morgan fingerprint density at radius 1 is 1.45 bits per heavy atom. The van der Waals surface area contributed by atoms with Crippen LogP contribution in [0.2, 0.25) is 0 Å². The number of carbonyl (C=O) groups excluding carboxylic acids is 1. The molecule has 22 heavy (non-hydrogen) atoms.